The maximum atomic E-state index is 10.1. The number of nitrogens with zero attached hydrogens (tertiary/aromatic N) is 1. The van der Waals surface area contributed by atoms with Crippen LogP contribution in [0.3, 0.4) is 0 Å². The molecule has 0 saturated carbocycles. The van der Waals surface area contributed by atoms with Gasteiger partial charge in [0.1, 0.15) is 0 Å². The summed E-state index contributed by atoms with van der Waals surface area (Å²) in [5, 5.41) is 10.1. The zero-order valence-corrected chi connectivity index (χ0v) is 20.4. The Morgan fingerprint density at radius 2 is 1.74 bits per heavy atom. The predicted octanol–water partition coefficient (Wildman–Crippen LogP) is 6.68. The second-order valence-electron chi connectivity index (χ2n) is 8.29. The molecule has 1 aliphatic rings. The van der Waals surface area contributed by atoms with E-state index in [0.29, 0.717) is 19.6 Å². The Hall–Kier alpha value is -0.731. The van der Waals surface area contributed by atoms with Crippen molar-refractivity contribution in [1.82, 2.24) is 0 Å². The van der Waals surface area contributed by atoms with Crippen molar-refractivity contribution in [3.05, 3.63) is 33.8 Å². The molecule has 1 atom stereocenters. The average Bonchev–Trinajstić information content (AvgIpc) is 3.33. The molecule has 150 valence electrons. The van der Waals surface area contributed by atoms with Gasteiger partial charge < -0.3 is 0 Å². The summed E-state index contributed by atoms with van der Waals surface area (Å²) in [6.07, 6.45) is 10.2. The average molecular weight is 478 g/mol. The fraction of sp³-hybridized carbons (Fsp3) is 0.696. The van der Waals surface area contributed by atoms with E-state index in [4.69, 9.17) is 9.15 Å². The van der Waals surface area contributed by atoms with Crippen LogP contribution in [0, 0.1) is 16.7 Å². The fourth-order valence-electron chi connectivity index (χ4n) is 4.31. The molecule has 0 N–H and O–H groups in total. The number of hydrogen-bond donors (Lipinski definition) is 0. The van der Waals surface area contributed by atoms with Gasteiger partial charge in [0.25, 0.3) is 0 Å². The molecular weight excluding hydrogens is 441 g/mol. The van der Waals surface area contributed by atoms with Crippen molar-refractivity contribution in [1.29, 1.82) is 5.26 Å². The molecule has 2 rings (SSSR count). The molecule has 0 spiro atoms. The first-order valence-corrected chi connectivity index (χ1v) is 18.6. The van der Waals surface area contributed by atoms with Crippen molar-refractivity contribution in [2.45, 2.75) is 79.0 Å². The molecule has 1 aromatic rings. The normalized spacial score (nSPS) is 21.6. The zero-order chi connectivity index (χ0) is 19.6. The Kier molecular flexibility index (Phi) is 9.45. The molecule has 0 amide bonds. The first-order chi connectivity index (χ1) is 13.1. The third-order valence-electron chi connectivity index (χ3n) is 6.06. The molecule has 4 heteroatoms. The minimum atomic E-state index is -2.45. The van der Waals surface area contributed by atoms with Crippen molar-refractivity contribution < 1.29 is 9.15 Å². The van der Waals surface area contributed by atoms with Crippen LogP contribution in [0.15, 0.2) is 32.5 Å². The van der Waals surface area contributed by atoms with Crippen LogP contribution in [0.5, 0.6) is 0 Å². The summed E-state index contributed by atoms with van der Waals surface area (Å²) in [5.41, 5.74) is 0.755. The van der Waals surface area contributed by atoms with Crippen molar-refractivity contribution in [3.8, 4) is 6.07 Å². The van der Waals surface area contributed by atoms with Gasteiger partial charge in [-0.3, -0.25) is 0 Å². The number of ether oxygens (including phenoxy) is 1. The van der Waals surface area contributed by atoms with Gasteiger partial charge in [0.15, 0.2) is 0 Å². The summed E-state index contributed by atoms with van der Waals surface area (Å²) in [5.74, 6) is 0.893. The molecule has 1 saturated heterocycles. The summed E-state index contributed by atoms with van der Waals surface area (Å²) in [4.78, 5) is 0. The van der Waals surface area contributed by atoms with E-state index in [2.05, 4.69) is 30.9 Å². The van der Waals surface area contributed by atoms with E-state index in [1.807, 2.05) is 12.1 Å². The van der Waals surface area contributed by atoms with Crippen LogP contribution in [0.1, 0.15) is 65.1 Å². The van der Waals surface area contributed by atoms with Crippen molar-refractivity contribution in [2.75, 3.05) is 13.2 Å². The van der Waals surface area contributed by atoms with Crippen LogP contribution in [0.4, 0.5) is 0 Å². The van der Waals surface area contributed by atoms with E-state index in [1.54, 1.807) is 6.26 Å². The Bertz CT molecular complexity index is 595. The Labute approximate surface area is 170 Å². The molecule has 0 aromatic carbocycles. The first-order valence-electron chi connectivity index (χ1n) is 10.9. The second-order valence-corrected chi connectivity index (χ2v) is 21.2. The molecule has 1 unspecified atom stereocenters. The SMILES string of the molecule is CCC[CH2][Sn](/[CH]=C1/COCC1(C#N)Cc1ccco1)([CH2]CCC)[CH2]CCC. The number of furan rings is 1. The molecule has 0 bridgehead atoms. The van der Waals surface area contributed by atoms with Gasteiger partial charge in [0.2, 0.25) is 0 Å². The van der Waals surface area contributed by atoms with Crippen molar-refractivity contribution in [2.24, 2.45) is 5.41 Å². The number of unbranched alkanes of at least 4 members (excludes halogenated alkanes) is 3. The van der Waals surface area contributed by atoms with Crippen LogP contribution in [0.2, 0.25) is 13.3 Å². The molecule has 0 radical (unpaired) electrons. The van der Waals surface area contributed by atoms with Crippen LogP contribution in [0.25, 0.3) is 0 Å². The fourth-order valence-corrected chi connectivity index (χ4v) is 19.9. The van der Waals surface area contributed by atoms with Gasteiger partial charge in [-0.15, -0.1) is 0 Å². The number of nitriles is 1. The monoisotopic (exact) mass is 479 g/mol. The number of hydrogen-bond acceptors (Lipinski definition) is 3. The van der Waals surface area contributed by atoms with Gasteiger partial charge in [-0.2, -0.15) is 0 Å². The second kappa shape index (κ2) is 11.3. The first kappa shape index (κ1) is 22.6. The minimum absolute atomic E-state index is 0.507. The van der Waals surface area contributed by atoms with Crippen molar-refractivity contribution in [3.63, 3.8) is 0 Å². The van der Waals surface area contributed by atoms with E-state index < -0.39 is 23.8 Å². The van der Waals surface area contributed by atoms with Crippen LogP contribution in [-0.4, -0.2) is 31.6 Å². The third-order valence-corrected chi connectivity index (χ3v) is 20.4. The van der Waals surface area contributed by atoms with Gasteiger partial charge in [0.05, 0.1) is 0 Å². The summed E-state index contributed by atoms with van der Waals surface area (Å²) in [6.45, 7) is 8.06. The Morgan fingerprint density at radius 3 is 2.22 bits per heavy atom. The molecule has 1 fully saturated rings. The van der Waals surface area contributed by atoms with Crippen LogP contribution >= 0.6 is 0 Å². The van der Waals surface area contributed by atoms with Gasteiger partial charge in [-0.25, -0.2) is 0 Å². The topological polar surface area (TPSA) is 46.2 Å². The van der Waals surface area contributed by atoms with Gasteiger partial charge >= 0.3 is 170 Å². The molecule has 0 aliphatic carbocycles. The van der Waals surface area contributed by atoms with E-state index in [1.165, 1.54) is 57.4 Å². The van der Waals surface area contributed by atoms with Crippen LogP contribution < -0.4 is 0 Å². The van der Waals surface area contributed by atoms with Gasteiger partial charge in [-0.1, -0.05) is 0 Å². The molecule has 2 heterocycles. The quantitative estimate of drug-likeness (QED) is 0.315. The summed E-state index contributed by atoms with van der Waals surface area (Å²) < 4.78 is 18.4. The molecule has 1 aromatic heterocycles. The molecule has 1 aliphatic heterocycles. The third kappa shape index (κ3) is 6.12. The molecule has 27 heavy (non-hydrogen) atoms. The maximum absolute atomic E-state index is 10.1. The number of rotatable bonds is 12. The van der Waals surface area contributed by atoms with Crippen molar-refractivity contribution >= 4 is 18.4 Å². The molecule has 3 nitrogen and oxygen atoms in total. The standard InChI is InChI=1S/C11H10NO2.3C4H9.Sn/c1-9-6-13-8-11(9,7-12)5-10-3-2-4-14-10;3*1-3-4-2;/h1-4H,5-6,8H2;3*1,3-4H2,2H3;. The summed E-state index contributed by atoms with van der Waals surface area (Å²) in [7, 11) is 0. The Morgan fingerprint density at radius 1 is 1.11 bits per heavy atom. The van der Waals surface area contributed by atoms with Gasteiger partial charge in [-0.05, 0) is 0 Å². The van der Waals surface area contributed by atoms with Gasteiger partial charge in [0, 0.05) is 0 Å². The van der Waals surface area contributed by atoms with E-state index in [0.717, 1.165) is 5.76 Å². The zero-order valence-electron chi connectivity index (χ0n) is 17.6. The van der Waals surface area contributed by atoms with E-state index in [-0.39, 0.29) is 0 Å². The molecular formula is C23H37NO2Sn. The Balaban J connectivity index is 2.36. The van der Waals surface area contributed by atoms with E-state index >= 15 is 0 Å². The summed E-state index contributed by atoms with van der Waals surface area (Å²) in [6, 6.07) is 6.53. The van der Waals surface area contributed by atoms with E-state index in [9.17, 15) is 5.26 Å². The predicted molar refractivity (Wildman–Crippen MR) is 114 cm³/mol. The van der Waals surface area contributed by atoms with Crippen LogP contribution in [-0.2, 0) is 11.2 Å². The summed E-state index contributed by atoms with van der Waals surface area (Å²) >= 11 is -2.45.